The standard InChI is InChI=1S/C25H28N4O2S/c1-16-13-29(14-17(2)31-16)22-10-6-18(7-11-22)24(30)26-21-5-3-4-19(12-21)23-15-32-25(28-23)27-20-8-9-20/h3-7,10-12,15-17,20H,8-9,13-14H2,1-2H3,(H,26,30)(H,27,28)/t16-,17+. The van der Waals surface area contributed by atoms with E-state index in [-0.39, 0.29) is 18.1 Å². The van der Waals surface area contributed by atoms with Crippen LogP contribution in [0.5, 0.6) is 0 Å². The van der Waals surface area contributed by atoms with Gasteiger partial charge in [-0.25, -0.2) is 4.98 Å². The van der Waals surface area contributed by atoms with E-state index >= 15 is 0 Å². The number of rotatable bonds is 6. The number of ether oxygens (including phenoxy) is 1. The van der Waals surface area contributed by atoms with Gasteiger partial charge in [-0.05, 0) is 63.1 Å². The lowest BCUT2D eigenvalue weighted by Gasteiger charge is -2.36. The highest BCUT2D eigenvalue weighted by Gasteiger charge is 2.23. The van der Waals surface area contributed by atoms with Crippen LogP contribution in [0.4, 0.5) is 16.5 Å². The Bertz CT molecular complexity index is 1080. The Morgan fingerprint density at radius 3 is 2.56 bits per heavy atom. The Morgan fingerprint density at radius 2 is 1.84 bits per heavy atom. The Hall–Kier alpha value is -2.90. The molecule has 1 aromatic heterocycles. The molecule has 1 saturated heterocycles. The number of morpholine rings is 1. The number of thiazole rings is 1. The molecule has 2 aromatic carbocycles. The minimum atomic E-state index is -0.119. The molecule has 2 aliphatic rings. The summed E-state index contributed by atoms with van der Waals surface area (Å²) < 4.78 is 5.82. The number of carbonyl (C=O) groups is 1. The fourth-order valence-electron chi connectivity index (χ4n) is 4.05. The number of amides is 1. The summed E-state index contributed by atoms with van der Waals surface area (Å²) in [6.07, 6.45) is 2.85. The van der Waals surface area contributed by atoms with Gasteiger partial charge in [0.15, 0.2) is 5.13 Å². The fraction of sp³-hybridized carbons (Fsp3) is 0.360. The maximum absolute atomic E-state index is 12.8. The van der Waals surface area contributed by atoms with E-state index in [1.54, 1.807) is 11.3 Å². The second-order valence-electron chi connectivity index (χ2n) is 8.70. The van der Waals surface area contributed by atoms with Crippen molar-refractivity contribution in [2.75, 3.05) is 28.6 Å². The average Bonchev–Trinajstić information content (AvgIpc) is 3.47. The Balaban J connectivity index is 1.24. The maximum Gasteiger partial charge on any atom is 0.255 e. The van der Waals surface area contributed by atoms with Crippen LogP contribution in [0.1, 0.15) is 37.0 Å². The molecule has 0 unspecified atom stereocenters. The third kappa shape index (κ3) is 4.95. The number of aromatic nitrogens is 1. The molecular weight excluding hydrogens is 420 g/mol. The normalized spacial score (nSPS) is 20.8. The third-order valence-electron chi connectivity index (χ3n) is 5.74. The fourth-order valence-corrected chi connectivity index (χ4v) is 4.84. The summed E-state index contributed by atoms with van der Waals surface area (Å²) in [4.78, 5) is 19.8. The molecule has 1 aliphatic carbocycles. The zero-order valence-electron chi connectivity index (χ0n) is 18.4. The van der Waals surface area contributed by atoms with Gasteiger partial charge in [0.1, 0.15) is 0 Å². The smallest absolute Gasteiger partial charge is 0.255 e. The second-order valence-corrected chi connectivity index (χ2v) is 9.56. The van der Waals surface area contributed by atoms with Crippen molar-refractivity contribution in [3.8, 4) is 11.3 Å². The van der Waals surface area contributed by atoms with Crippen LogP contribution in [0.15, 0.2) is 53.9 Å². The van der Waals surface area contributed by atoms with Crippen LogP contribution in [-0.4, -0.2) is 42.2 Å². The van der Waals surface area contributed by atoms with E-state index in [2.05, 4.69) is 39.7 Å². The summed E-state index contributed by atoms with van der Waals surface area (Å²) in [5.74, 6) is -0.119. The van der Waals surface area contributed by atoms with Crippen LogP contribution >= 0.6 is 11.3 Å². The van der Waals surface area contributed by atoms with E-state index in [1.807, 2.05) is 48.5 Å². The predicted molar refractivity (Wildman–Crippen MR) is 131 cm³/mol. The van der Waals surface area contributed by atoms with Crippen molar-refractivity contribution < 1.29 is 9.53 Å². The predicted octanol–water partition coefficient (Wildman–Crippen LogP) is 5.25. The van der Waals surface area contributed by atoms with Gasteiger partial charge in [-0.2, -0.15) is 0 Å². The van der Waals surface area contributed by atoms with Crippen molar-refractivity contribution in [1.29, 1.82) is 0 Å². The van der Waals surface area contributed by atoms with Crippen LogP contribution in [0.3, 0.4) is 0 Å². The van der Waals surface area contributed by atoms with E-state index in [9.17, 15) is 4.79 Å². The van der Waals surface area contributed by atoms with Gasteiger partial charge >= 0.3 is 0 Å². The number of hydrogen-bond donors (Lipinski definition) is 2. The van der Waals surface area contributed by atoms with E-state index < -0.39 is 0 Å². The van der Waals surface area contributed by atoms with Crippen LogP contribution in [0.2, 0.25) is 0 Å². The molecule has 32 heavy (non-hydrogen) atoms. The van der Waals surface area contributed by atoms with Crippen molar-refractivity contribution in [1.82, 2.24) is 4.98 Å². The van der Waals surface area contributed by atoms with Crippen molar-refractivity contribution in [3.05, 3.63) is 59.5 Å². The number of nitrogens with zero attached hydrogens (tertiary/aromatic N) is 2. The van der Waals surface area contributed by atoms with Gasteiger partial charge in [-0.15, -0.1) is 11.3 Å². The van der Waals surface area contributed by atoms with E-state index in [4.69, 9.17) is 4.74 Å². The first-order valence-electron chi connectivity index (χ1n) is 11.2. The molecule has 2 atom stereocenters. The van der Waals surface area contributed by atoms with Gasteiger partial charge in [0.05, 0.1) is 17.9 Å². The quantitative estimate of drug-likeness (QED) is 0.539. The molecule has 166 valence electrons. The highest BCUT2D eigenvalue weighted by atomic mass is 32.1. The molecule has 0 bridgehead atoms. The summed E-state index contributed by atoms with van der Waals surface area (Å²) in [5, 5.41) is 9.47. The number of anilines is 3. The molecule has 5 rings (SSSR count). The van der Waals surface area contributed by atoms with Gasteiger partial charge in [0, 0.05) is 47.0 Å². The molecule has 3 aromatic rings. The van der Waals surface area contributed by atoms with Crippen molar-refractivity contribution >= 4 is 33.8 Å². The SMILES string of the molecule is C[C@@H]1CN(c2ccc(C(=O)Nc3cccc(-c4csc(NC5CC5)n4)c3)cc2)C[C@H](C)O1. The van der Waals surface area contributed by atoms with Gasteiger partial charge in [0.25, 0.3) is 5.91 Å². The topological polar surface area (TPSA) is 66.5 Å². The average molecular weight is 449 g/mol. The largest absolute Gasteiger partial charge is 0.372 e. The Kier molecular flexibility index (Phi) is 5.85. The number of benzene rings is 2. The number of nitrogens with one attached hydrogen (secondary N) is 2. The van der Waals surface area contributed by atoms with E-state index in [0.717, 1.165) is 40.9 Å². The lowest BCUT2D eigenvalue weighted by molar-refractivity contribution is -0.00522. The van der Waals surface area contributed by atoms with Gasteiger partial charge in [-0.1, -0.05) is 12.1 Å². The minimum Gasteiger partial charge on any atom is -0.372 e. The minimum absolute atomic E-state index is 0.119. The zero-order chi connectivity index (χ0) is 22.1. The molecule has 0 spiro atoms. The van der Waals surface area contributed by atoms with Crippen molar-refractivity contribution in [2.45, 2.75) is 44.9 Å². The van der Waals surface area contributed by atoms with Crippen LogP contribution in [0.25, 0.3) is 11.3 Å². The van der Waals surface area contributed by atoms with Crippen LogP contribution in [-0.2, 0) is 4.74 Å². The number of hydrogen-bond acceptors (Lipinski definition) is 6. The molecule has 2 fully saturated rings. The molecule has 2 heterocycles. The third-order valence-corrected chi connectivity index (χ3v) is 6.51. The number of carbonyl (C=O) groups excluding carboxylic acids is 1. The lowest BCUT2D eigenvalue weighted by atomic mass is 10.1. The summed E-state index contributed by atoms with van der Waals surface area (Å²) in [7, 11) is 0. The molecule has 6 nitrogen and oxygen atoms in total. The van der Waals surface area contributed by atoms with Crippen molar-refractivity contribution in [3.63, 3.8) is 0 Å². The first kappa shape index (κ1) is 21.0. The Labute approximate surface area is 192 Å². The van der Waals surface area contributed by atoms with Gasteiger partial charge < -0.3 is 20.3 Å². The maximum atomic E-state index is 12.8. The van der Waals surface area contributed by atoms with E-state index in [0.29, 0.717) is 11.6 Å². The summed E-state index contributed by atoms with van der Waals surface area (Å²) in [6, 6.07) is 16.2. The summed E-state index contributed by atoms with van der Waals surface area (Å²) >= 11 is 1.62. The van der Waals surface area contributed by atoms with Crippen LogP contribution in [0, 0.1) is 0 Å². The monoisotopic (exact) mass is 448 g/mol. The highest BCUT2D eigenvalue weighted by Crippen LogP contribution is 2.31. The molecular formula is C25H28N4O2S. The Morgan fingerprint density at radius 1 is 1.09 bits per heavy atom. The van der Waals surface area contributed by atoms with Gasteiger partial charge in [-0.3, -0.25) is 4.79 Å². The highest BCUT2D eigenvalue weighted by molar-refractivity contribution is 7.14. The molecule has 1 aliphatic heterocycles. The van der Waals surface area contributed by atoms with Crippen molar-refractivity contribution in [2.24, 2.45) is 0 Å². The molecule has 0 radical (unpaired) electrons. The summed E-state index contributed by atoms with van der Waals surface area (Å²) in [5.41, 5.74) is 4.43. The molecule has 7 heteroatoms. The molecule has 1 saturated carbocycles. The van der Waals surface area contributed by atoms with E-state index in [1.165, 1.54) is 12.8 Å². The van der Waals surface area contributed by atoms with Gasteiger partial charge in [0.2, 0.25) is 0 Å². The molecule has 2 N–H and O–H groups in total. The molecule has 1 amide bonds. The zero-order valence-corrected chi connectivity index (χ0v) is 19.2. The summed E-state index contributed by atoms with van der Waals surface area (Å²) in [6.45, 7) is 5.90. The second kappa shape index (κ2) is 8.92. The first-order valence-corrected chi connectivity index (χ1v) is 12.1. The van der Waals surface area contributed by atoms with Crippen LogP contribution < -0.4 is 15.5 Å². The lowest BCUT2D eigenvalue weighted by Crippen LogP contribution is -2.45. The first-order chi connectivity index (χ1) is 15.5.